The first-order chi connectivity index (χ1) is 6.11. The monoisotopic (exact) mass is 199 g/mol. The molecule has 0 bridgehead atoms. The molecule has 0 amide bonds. The molecular weight excluding hydrogens is 186 g/mol. The number of rotatable bonds is 2. The molecule has 0 aliphatic heterocycles. The fourth-order valence-corrected chi connectivity index (χ4v) is 1.90. The third kappa shape index (κ3) is 1.79. The van der Waals surface area contributed by atoms with Crippen LogP contribution in [0.25, 0.3) is 0 Å². The van der Waals surface area contributed by atoms with Crippen molar-refractivity contribution in [2.45, 2.75) is 20.4 Å². The molecule has 72 valence electrons. The highest BCUT2D eigenvalue weighted by Gasteiger charge is 2.10. The van der Waals surface area contributed by atoms with Gasteiger partial charge in [0.15, 0.2) is 0 Å². The quantitative estimate of drug-likeness (QED) is 0.794. The van der Waals surface area contributed by atoms with Crippen molar-refractivity contribution < 1.29 is 4.74 Å². The van der Waals surface area contributed by atoms with Gasteiger partial charge in [-0.1, -0.05) is 11.6 Å². The predicted molar refractivity (Wildman–Crippen MR) is 55.4 cm³/mol. The van der Waals surface area contributed by atoms with Crippen LogP contribution in [-0.2, 0) is 6.54 Å². The average Bonchev–Trinajstić information content (AvgIpc) is 2.04. The Balaban J connectivity index is 3.39. The second-order valence-corrected chi connectivity index (χ2v) is 3.42. The smallest absolute Gasteiger partial charge is 0.125 e. The summed E-state index contributed by atoms with van der Waals surface area (Å²) < 4.78 is 5.26. The number of ether oxygens (including phenoxy) is 1. The molecule has 0 saturated carbocycles. The van der Waals surface area contributed by atoms with Gasteiger partial charge in [0.25, 0.3) is 0 Å². The van der Waals surface area contributed by atoms with Gasteiger partial charge in [-0.3, -0.25) is 0 Å². The van der Waals surface area contributed by atoms with E-state index in [9.17, 15) is 0 Å². The number of hydrogen-bond donors (Lipinski definition) is 1. The topological polar surface area (TPSA) is 35.2 Å². The molecule has 0 aliphatic rings. The van der Waals surface area contributed by atoms with Gasteiger partial charge in [0.05, 0.1) is 7.11 Å². The van der Waals surface area contributed by atoms with Crippen molar-refractivity contribution in [2.75, 3.05) is 7.11 Å². The summed E-state index contributed by atoms with van der Waals surface area (Å²) in [5.41, 5.74) is 8.63. The van der Waals surface area contributed by atoms with Crippen molar-refractivity contribution in [1.29, 1.82) is 0 Å². The second-order valence-electron chi connectivity index (χ2n) is 3.02. The molecule has 0 spiro atoms. The van der Waals surface area contributed by atoms with Crippen LogP contribution in [0.3, 0.4) is 0 Å². The Morgan fingerprint density at radius 1 is 1.46 bits per heavy atom. The molecule has 0 saturated heterocycles. The van der Waals surface area contributed by atoms with Crippen LogP contribution in [0.5, 0.6) is 5.75 Å². The van der Waals surface area contributed by atoms with Crippen LogP contribution in [-0.4, -0.2) is 7.11 Å². The lowest BCUT2D eigenvalue weighted by molar-refractivity contribution is 0.408. The SMILES string of the molecule is COc1c(C)cc(Cl)c(CN)c1C. The fraction of sp³-hybridized carbons (Fsp3) is 0.400. The highest BCUT2D eigenvalue weighted by atomic mass is 35.5. The van der Waals surface area contributed by atoms with E-state index in [4.69, 9.17) is 22.1 Å². The number of nitrogens with two attached hydrogens (primary N) is 1. The third-order valence-corrected chi connectivity index (χ3v) is 2.53. The van der Waals surface area contributed by atoms with Crippen molar-refractivity contribution >= 4 is 11.6 Å². The van der Waals surface area contributed by atoms with E-state index >= 15 is 0 Å². The molecule has 0 aliphatic carbocycles. The van der Waals surface area contributed by atoms with Crippen LogP contribution >= 0.6 is 11.6 Å². The number of methoxy groups -OCH3 is 1. The summed E-state index contributed by atoms with van der Waals surface area (Å²) in [6.45, 7) is 4.39. The Kier molecular flexibility index (Phi) is 3.17. The second kappa shape index (κ2) is 3.99. The van der Waals surface area contributed by atoms with E-state index in [1.54, 1.807) is 7.11 Å². The van der Waals surface area contributed by atoms with Crippen LogP contribution in [0.4, 0.5) is 0 Å². The first-order valence-corrected chi connectivity index (χ1v) is 4.52. The summed E-state index contributed by atoms with van der Waals surface area (Å²) in [5, 5.41) is 0.721. The highest BCUT2D eigenvalue weighted by Crippen LogP contribution is 2.31. The minimum Gasteiger partial charge on any atom is -0.496 e. The first kappa shape index (κ1) is 10.4. The maximum absolute atomic E-state index is 6.03. The van der Waals surface area contributed by atoms with Crippen molar-refractivity contribution in [3.63, 3.8) is 0 Å². The lowest BCUT2D eigenvalue weighted by Crippen LogP contribution is -2.03. The van der Waals surface area contributed by atoms with Gasteiger partial charge in [0.2, 0.25) is 0 Å². The maximum Gasteiger partial charge on any atom is 0.125 e. The Morgan fingerprint density at radius 2 is 2.08 bits per heavy atom. The van der Waals surface area contributed by atoms with Gasteiger partial charge in [0, 0.05) is 11.6 Å². The molecule has 1 aromatic rings. The first-order valence-electron chi connectivity index (χ1n) is 4.14. The molecule has 2 nitrogen and oxygen atoms in total. The number of aryl methyl sites for hydroxylation is 1. The van der Waals surface area contributed by atoms with E-state index in [0.29, 0.717) is 6.54 Å². The molecule has 0 unspecified atom stereocenters. The molecule has 0 heterocycles. The lowest BCUT2D eigenvalue weighted by atomic mass is 10.0. The van der Waals surface area contributed by atoms with Gasteiger partial charge in [-0.15, -0.1) is 0 Å². The zero-order valence-corrected chi connectivity index (χ0v) is 8.90. The Labute approximate surface area is 83.6 Å². The molecular formula is C10H14ClNO. The lowest BCUT2D eigenvalue weighted by Gasteiger charge is -2.13. The molecule has 1 rings (SSSR count). The maximum atomic E-state index is 6.03. The van der Waals surface area contributed by atoms with Crippen LogP contribution < -0.4 is 10.5 Å². The van der Waals surface area contributed by atoms with Crippen molar-refractivity contribution in [3.8, 4) is 5.75 Å². The molecule has 13 heavy (non-hydrogen) atoms. The van der Waals surface area contributed by atoms with Gasteiger partial charge in [-0.25, -0.2) is 0 Å². The van der Waals surface area contributed by atoms with Crippen LogP contribution in [0.2, 0.25) is 5.02 Å². The largest absolute Gasteiger partial charge is 0.496 e. The summed E-state index contributed by atoms with van der Waals surface area (Å²) in [6, 6.07) is 1.88. The van der Waals surface area contributed by atoms with E-state index in [1.165, 1.54) is 0 Å². The third-order valence-electron chi connectivity index (χ3n) is 2.19. The van der Waals surface area contributed by atoms with E-state index < -0.39 is 0 Å². The predicted octanol–water partition coefficient (Wildman–Crippen LogP) is 2.42. The summed E-state index contributed by atoms with van der Waals surface area (Å²) >= 11 is 6.03. The number of halogens is 1. The molecule has 1 aromatic carbocycles. The molecule has 0 radical (unpaired) electrons. The van der Waals surface area contributed by atoms with Crippen molar-refractivity contribution in [2.24, 2.45) is 5.73 Å². The molecule has 2 N–H and O–H groups in total. The van der Waals surface area contributed by atoms with Gasteiger partial charge in [0.1, 0.15) is 5.75 Å². The Bertz CT molecular complexity index is 295. The molecule has 0 fully saturated rings. The highest BCUT2D eigenvalue weighted by molar-refractivity contribution is 6.31. The van der Waals surface area contributed by atoms with Crippen LogP contribution in [0.1, 0.15) is 16.7 Å². The summed E-state index contributed by atoms with van der Waals surface area (Å²) in [4.78, 5) is 0. The minimum absolute atomic E-state index is 0.446. The Morgan fingerprint density at radius 3 is 2.54 bits per heavy atom. The van der Waals surface area contributed by atoms with E-state index in [2.05, 4.69) is 0 Å². The summed E-state index contributed by atoms with van der Waals surface area (Å²) in [6.07, 6.45) is 0. The van der Waals surface area contributed by atoms with Gasteiger partial charge in [-0.2, -0.15) is 0 Å². The number of hydrogen-bond acceptors (Lipinski definition) is 2. The van der Waals surface area contributed by atoms with Crippen molar-refractivity contribution in [3.05, 3.63) is 27.8 Å². The van der Waals surface area contributed by atoms with Crippen LogP contribution in [0, 0.1) is 13.8 Å². The minimum atomic E-state index is 0.446. The summed E-state index contributed by atoms with van der Waals surface area (Å²) in [7, 11) is 1.66. The van der Waals surface area contributed by atoms with E-state index in [1.807, 2.05) is 19.9 Å². The van der Waals surface area contributed by atoms with Gasteiger partial charge in [-0.05, 0) is 36.6 Å². The number of benzene rings is 1. The summed E-state index contributed by atoms with van der Waals surface area (Å²) in [5.74, 6) is 0.879. The van der Waals surface area contributed by atoms with E-state index in [0.717, 1.165) is 27.5 Å². The average molecular weight is 200 g/mol. The molecule has 0 aromatic heterocycles. The zero-order chi connectivity index (χ0) is 10.0. The van der Waals surface area contributed by atoms with Gasteiger partial charge >= 0.3 is 0 Å². The normalized spacial score (nSPS) is 10.2. The van der Waals surface area contributed by atoms with E-state index in [-0.39, 0.29) is 0 Å². The Hall–Kier alpha value is -0.730. The van der Waals surface area contributed by atoms with Crippen molar-refractivity contribution in [1.82, 2.24) is 0 Å². The van der Waals surface area contributed by atoms with Crippen LogP contribution in [0.15, 0.2) is 6.07 Å². The fourth-order valence-electron chi connectivity index (χ4n) is 1.52. The molecule has 3 heteroatoms. The molecule has 0 atom stereocenters. The zero-order valence-electron chi connectivity index (χ0n) is 8.15. The standard InChI is InChI=1S/C10H14ClNO/c1-6-4-9(11)8(5-12)7(2)10(6)13-3/h4H,5,12H2,1-3H3. The van der Waals surface area contributed by atoms with Gasteiger partial charge < -0.3 is 10.5 Å².